The fraction of sp³-hybridized carbons (Fsp3) is 0.0333. The second-order valence-corrected chi connectivity index (χ2v) is 8.51. The van der Waals surface area contributed by atoms with Crippen molar-refractivity contribution in [2.75, 3.05) is 7.11 Å². The van der Waals surface area contributed by atoms with Gasteiger partial charge in [-0.15, -0.1) is 0 Å². The zero-order valence-electron chi connectivity index (χ0n) is 20.4. The van der Waals surface area contributed by atoms with Crippen molar-refractivity contribution in [1.82, 2.24) is 19.9 Å². The summed E-state index contributed by atoms with van der Waals surface area (Å²) < 4.78 is 4.86. The SMILES string of the molecule is C1=Cc2cc3ccc(cc4ccc(cc5nc(cc1n2)C=C5)[nH]4)[nH]3.COc1cc(/C=C/C(=O)O)ccc1O. The van der Waals surface area contributed by atoms with Gasteiger partial charge in [-0.25, -0.2) is 14.8 Å². The van der Waals surface area contributed by atoms with Gasteiger partial charge in [-0.1, -0.05) is 6.07 Å². The van der Waals surface area contributed by atoms with Crippen LogP contribution in [0.5, 0.6) is 11.5 Å². The van der Waals surface area contributed by atoms with Crippen LogP contribution in [0.15, 0.2) is 72.8 Å². The van der Waals surface area contributed by atoms with Gasteiger partial charge in [0.05, 0.1) is 29.9 Å². The number of fused-ring (bicyclic) bond motifs is 8. The topological polar surface area (TPSA) is 124 Å². The first kappa shape index (κ1) is 24.3. The smallest absolute Gasteiger partial charge is 0.328 e. The Hall–Kier alpha value is -5.37. The van der Waals surface area contributed by atoms with Gasteiger partial charge in [0.25, 0.3) is 0 Å². The van der Waals surface area contributed by atoms with E-state index >= 15 is 0 Å². The first-order valence-electron chi connectivity index (χ1n) is 11.8. The monoisotopic (exact) mass is 504 g/mol. The standard InChI is InChI=1S/C20H14N4.C10H10O4/c1-2-14-10-16-5-6-18(23-16)12-20-8-7-19(24-20)11-17-4-3-15(22-17)9-13(1)21-14;1-14-9-6-7(2-4-8(9)11)3-5-10(12)13/h1-12,21-22H;2-6,11H,1H3,(H,12,13)/b;5-3+. The molecule has 8 nitrogen and oxygen atoms in total. The van der Waals surface area contributed by atoms with Crippen LogP contribution >= 0.6 is 0 Å². The molecule has 0 fully saturated rings. The number of ether oxygens (including phenoxy) is 1. The van der Waals surface area contributed by atoms with Gasteiger partial charge in [0.2, 0.25) is 0 Å². The van der Waals surface area contributed by atoms with E-state index in [1.54, 1.807) is 12.1 Å². The minimum absolute atomic E-state index is 0.0278. The third-order valence-electron chi connectivity index (χ3n) is 5.66. The molecule has 0 amide bonds. The molecule has 0 spiro atoms. The number of methoxy groups -OCH3 is 1. The number of nitrogens with zero attached hydrogens (tertiary/aromatic N) is 2. The predicted molar refractivity (Wildman–Crippen MR) is 150 cm³/mol. The van der Waals surface area contributed by atoms with Crippen LogP contribution in [0.1, 0.15) is 28.3 Å². The maximum atomic E-state index is 10.2. The molecule has 2 aliphatic rings. The highest BCUT2D eigenvalue weighted by atomic mass is 16.5. The third kappa shape index (κ3) is 6.06. The highest BCUT2D eigenvalue weighted by molar-refractivity contribution is 5.85. The van der Waals surface area contributed by atoms with Crippen LogP contribution in [0.3, 0.4) is 0 Å². The number of phenolic OH excluding ortho intramolecular Hbond substituents is 1. The Bertz CT molecular complexity index is 1670. The van der Waals surface area contributed by atoms with Crippen LogP contribution in [-0.4, -0.2) is 43.2 Å². The van der Waals surface area contributed by atoms with Crippen LogP contribution < -0.4 is 4.74 Å². The van der Waals surface area contributed by atoms with Gasteiger partial charge in [0.15, 0.2) is 11.5 Å². The number of carboxylic acids is 1. The van der Waals surface area contributed by atoms with E-state index in [-0.39, 0.29) is 5.75 Å². The molecule has 3 aromatic heterocycles. The number of aromatic amines is 2. The van der Waals surface area contributed by atoms with Crippen molar-refractivity contribution in [1.29, 1.82) is 0 Å². The lowest BCUT2D eigenvalue weighted by Crippen LogP contribution is -1.87. The summed E-state index contributed by atoms with van der Waals surface area (Å²) in [6, 6.07) is 21.0. The molecule has 4 N–H and O–H groups in total. The summed E-state index contributed by atoms with van der Waals surface area (Å²) in [5.74, 6) is -0.672. The summed E-state index contributed by atoms with van der Waals surface area (Å²) in [6.07, 6.45) is 10.5. The van der Waals surface area contributed by atoms with E-state index in [9.17, 15) is 9.90 Å². The largest absolute Gasteiger partial charge is 0.504 e. The van der Waals surface area contributed by atoms with E-state index in [2.05, 4.69) is 50.3 Å². The van der Waals surface area contributed by atoms with E-state index in [4.69, 9.17) is 9.84 Å². The number of aromatic hydroxyl groups is 1. The normalized spacial score (nSPS) is 11.8. The molecule has 1 aromatic carbocycles. The molecule has 6 rings (SSSR count). The number of aliphatic carboxylic acids is 1. The number of hydrogen-bond acceptors (Lipinski definition) is 5. The lowest BCUT2D eigenvalue weighted by molar-refractivity contribution is -0.131. The Morgan fingerprint density at radius 1 is 0.737 bits per heavy atom. The summed E-state index contributed by atoms with van der Waals surface area (Å²) in [4.78, 5) is 26.2. The Morgan fingerprint density at radius 2 is 1.24 bits per heavy atom. The number of nitrogens with one attached hydrogen (secondary N) is 2. The Morgan fingerprint density at radius 3 is 1.74 bits per heavy atom. The number of H-pyrrole nitrogens is 2. The van der Waals surface area contributed by atoms with Gasteiger partial charge in [0, 0.05) is 28.1 Å². The van der Waals surface area contributed by atoms with Crippen LogP contribution in [0.25, 0.3) is 52.4 Å². The Balaban J connectivity index is 0.000000181. The number of benzene rings is 1. The fourth-order valence-electron chi connectivity index (χ4n) is 3.91. The van der Waals surface area contributed by atoms with Crippen LogP contribution in [0.2, 0.25) is 0 Å². The second-order valence-electron chi connectivity index (χ2n) is 8.51. The molecule has 0 radical (unpaired) electrons. The summed E-state index contributed by atoms with van der Waals surface area (Å²) in [6.45, 7) is 0. The van der Waals surface area contributed by atoms with Gasteiger partial charge in [-0.2, -0.15) is 0 Å². The molecule has 0 saturated heterocycles. The lowest BCUT2D eigenvalue weighted by Gasteiger charge is -2.03. The molecule has 2 aliphatic heterocycles. The van der Waals surface area contributed by atoms with Gasteiger partial charge >= 0.3 is 5.97 Å². The lowest BCUT2D eigenvalue weighted by atomic mass is 10.2. The molecule has 0 atom stereocenters. The van der Waals surface area contributed by atoms with Gasteiger partial charge in [-0.05, 0) is 96.6 Å². The zero-order chi connectivity index (χ0) is 26.5. The summed E-state index contributed by atoms with van der Waals surface area (Å²) in [5, 5.41) is 17.6. The van der Waals surface area contributed by atoms with Crippen molar-refractivity contribution in [3.8, 4) is 11.5 Å². The molecule has 0 aliphatic carbocycles. The minimum Gasteiger partial charge on any atom is -0.504 e. The number of carboxylic acid groups (broad SMARTS) is 1. The molecular formula is C30H24N4O4. The van der Waals surface area contributed by atoms with Crippen molar-refractivity contribution in [2.24, 2.45) is 0 Å². The molecule has 38 heavy (non-hydrogen) atoms. The van der Waals surface area contributed by atoms with E-state index in [1.807, 2.05) is 42.5 Å². The molecule has 188 valence electrons. The number of rotatable bonds is 3. The summed E-state index contributed by atoms with van der Waals surface area (Å²) in [7, 11) is 1.43. The molecule has 8 heteroatoms. The average Bonchev–Trinajstić information content (AvgIpc) is 3.70. The van der Waals surface area contributed by atoms with Crippen molar-refractivity contribution < 1.29 is 19.7 Å². The highest BCUT2D eigenvalue weighted by Gasteiger charge is 2.03. The van der Waals surface area contributed by atoms with Crippen LogP contribution in [0.4, 0.5) is 0 Å². The van der Waals surface area contributed by atoms with E-state index in [0.29, 0.717) is 11.3 Å². The summed E-state index contributed by atoms with van der Waals surface area (Å²) >= 11 is 0. The number of phenols is 1. The van der Waals surface area contributed by atoms with Crippen molar-refractivity contribution in [3.05, 3.63) is 101 Å². The van der Waals surface area contributed by atoms with E-state index < -0.39 is 5.97 Å². The predicted octanol–water partition coefficient (Wildman–Crippen LogP) is 6.15. The van der Waals surface area contributed by atoms with Crippen LogP contribution in [-0.2, 0) is 4.79 Å². The molecule has 5 heterocycles. The highest BCUT2D eigenvalue weighted by Crippen LogP contribution is 2.26. The van der Waals surface area contributed by atoms with E-state index in [0.717, 1.165) is 50.9 Å². The number of hydrogen-bond donors (Lipinski definition) is 4. The fourth-order valence-corrected chi connectivity index (χ4v) is 3.91. The first-order valence-corrected chi connectivity index (χ1v) is 11.8. The Labute approximate surface area is 218 Å². The van der Waals surface area contributed by atoms with Crippen LogP contribution in [0, 0.1) is 0 Å². The van der Waals surface area contributed by atoms with Gasteiger partial charge in [-0.3, -0.25) is 0 Å². The van der Waals surface area contributed by atoms with Crippen molar-refractivity contribution in [3.63, 3.8) is 0 Å². The number of aromatic nitrogens is 4. The first-order chi connectivity index (χ1) is 18.4. The zero-order valence-corrected chi connectivity index (χ0v) is 20.4. The van der Waals surface area contributed by atoms with Crippen molar-refractivity contribution >= 4 is 58.4 Å². The molecule has 8 bridgehead atoms. The van der Waals surface area contributed by atoms with Gasteiger partial charge in [0.1, 0.15) is 0 Å². The quantitative estimate of drug-likeness (QED) is 0.214. The van der Waals surface area contributed by atoms with E-state index in [1.165, 1.54) is 19.3 Å². The third-order valence-corrected chi connectivity index (χ3v) is 5.66. The average molecular weight is 505 g/mol. The molecule has 0 unspecified atom stereocenters. The minimum atomic E-state index is -1.02. The maximum absolute atomic E-state index is 10.2. The molecule has 4 aromatic rings. The summed E-state index contributed by atoms with van der Waals surface area (Å²) in [5.41, 5.74) is 8.52. The Kier molecular flexibility index (Phi) is 6.86. The van der Waals surface area contributed by atoms with Gasteiger partial charge < -0.3 is 24.9 Å². The molecular weight excluding hydrogens is 480 g/mol. The maximum Gasteiger partial charge on any atom is 0.328 e. The second kappa shape index (κ2) is 10.7. The van der Waals surface area contributed by atoms with Crippen molar-refractivity contribution in [2.45, 2.75) is 0 Å². The number of carbonyl (C=O) groups is 1. The molecule has 0 saturated carbocycles.